The number of Topliss-reactive ketones (excluding diaryl/α,β-unsaturated/α-hetero) is 1. The zero-order valence-electron chi connectivity index (χ0n) is 14.4. The Balaban J connectivity index is 1.99. The molecule has 0 radical (unpaired) electrons. The van der Waals surface area contributed by atoms with Crippen molar-refractivity contribution >= 4 is 39.0 Å². The van der Waals surface area contributed by atoms with Gasteiger partial charge < -0.3 is 14.7 Å². The van der Waals surface area contributed by atoms with Crippen LogP contribution in [0.5, 0.6) is 5.75 Å². The number of fused-ring (bicyclic) bond motifs is 1. The van der Waals surface area contributed by atoms with Gasteiger partial charge in [0.05, 0.1) is 24.1 Å². The molecule has 0 saturated carbocycles. The second-order valence-corrected chi connectivity index (χ2v) is 7.05. The summed E-state index contributed by atoms with van der Waals surface area (Å²) in [5.74, 6) is -1.22. The van der Waals surface area contributed by atoms with Crippen LogP contribution in [0.1, 0.15) is 22.3 Å². The van der Waals surface area contributed by atoms with Gasteiger partial charge in [-0.1, -0.05) is 15.9 Å². The number of rotatable bonds is 5. The summed E-state index contributed by atoms with van der Waals surface area (Å²) in [6.07, 6.45) is -0.539. The van der Waals surface area contributed by atoms with Gasteiger partial charge in [0.1, 0.15) is 0 Å². The number of ether oxygens (including phenoxy) is 1. The topological polar surface area (TPSA) is 110 Å². The van der Waals surface area contributed by atoms with Crippen molar-refractivity contribution in [1.82, 2.24) is 0 Å². The molecule has 9 heteroatoms. The zero-order chi connectivity index (χ0) is 19.9. The Morgan fingerprint density at radius 2 is 2.04 bits per heavy atom. The van der Waals surface area contributed by atoms with E-state index in [4.69, 9.17) is 4.74 Å². The number of nitro benzene ring substituents is 1. The zero-order valence-corrected chi connectivity index (χ0v) is 16.0. The summed E-state index contributed by atoms with van der Waals surface area (Å²) in [6.45, 7) is 0. The molecule has 0 aliphatic carbocycles. The molecule has 0 spiro atoms. The van der Waals surface area contributed by atoms with Crippen LogP contribution in [0.25, 0.3) is 0 Å². The molecule has 1 heterocycles. The molecule has 2 aromatic rings. The quantitative estimate of drug-likeness (QED) is 0.440. The van der Waals surface area contributed by atoms with E-state index in [0.29, 0.717) is 15.7 Å². The minimum atomic E-state index is -2.04. The minimum Gasteiger partial charge on any atom is -0.490 e. The third-order valence-electron chi connectivity index (χ3n) is 4.54. The summed E-state index contributed by atoms with van der Waals surface area (Å²) < 4.78 is 5.57. The van der Waals surface area contributed by atoms with Crippen molar-refractivity contribution < 1.29 is 24.4 Å². The number of carbonyl (C=O) groups is 2. The third-order valence-corrected chi connectivity index (χ3v) is 5.03. The summed E-state index contributed by atoms with van der Waals surface area (Å²) in [7, 11) is 2.80. The first-order chi connectivity index (χ1) is 12.7. The van der Waals surface area contributed by atoms with Crippen molar-refractivity contribution in [3.8, 4) is 5.75 Å². The van der Waals surface area contributed by atoms with Gasteiger partial charge in [-0.05, 0) is 30.3 Å². The van der Waals surface area contributed by atoms with Crippen LogP contribution in [0.15, 0.2) is 40.9 Å². The first kappa shape index (κ1) is 19.0. The predicted octanol–water partition coefficient (Wildman–Crippen LogP) is 2.80. The first-order valence-electron chi connectivity index (χ1n) is 7.85. The van der Waals surface area contributed by atoms with Crippen molar-refractivity contribution in [3.63, 3.8) is 0 Å². The van der Waals surface area contributed by atoms with E-state index < -0.39 is 28.6 Å². The summed E-state index contributed by atoms with van der Waals surface area (Å²) in [5.41, 5.74) is -1.59. The highest BCUT2D eigenvalue weighted by Crippen LogP contribution is 2.43. The summed E-state index contributed by atoms with van der Waals surface area (Å²) in [5, 5.41) is 22.2. The first-order valence-corrected chi connectivity index (χ1v) is 8.64. The van der Waals surface area contributed by atoms with Crippen LogP contribution >= 0.6 is 15.9 Å². The largest absolute Gasteiger partial charge is 0.490 e. The summed E-state index contributed by atoms with van der Waals surface area (Å²) in [4.78, 5) is 37.1. The van der Waals surface area contributed by atoms with Gasteiger partial charge in [0, 0.05) is 28.7 Å². The number of ketones is 1. The fourth-order valence-electron chi connectivity index (χ4n) is 3.15. The maximum absolute atomic E-state index is 12.7. The normalized spacial score (nSPS) is 18.4. The van der Waals surface area contributed by atoms with Crippen LogP contribution in [0, 0.1) is 10.1 Å². The number of nitrogens with zero attached hydrogens (tertiary/aromatic N) is 2. The number of halogens is 1. The summed E-state index contributed by atoms with van der Waals surface area (Å²) >= 11 is 3.29. The molecule has 140 valence electrons. The number of aliphatic hydroxyl groups is 1. The molecule has 0 saturated heterocycles. The van der Waals surface area contributed by atoms with Gasteiger partial charge in [-0.15, -0.1) is 0 Å². The lowest BCUT2D eigenvalue weighted by Crippen LogP contribution is -2.40. The third kappa shape index (κ3) is 3.08. The Bertz CT molecular complexity index is 976. The molecular weight excluding hydrogens is 420 g/mol. The number of hydrogen-bond acceptors (Lipinski definition) is 6. The number of carbonyl (C=O) groups excluding carboxylic acids is 2. The van der Waals surface area contributed by atoms with Crippen LogP contribution < -0.4 is 9.64 Å². The Morgan fingerprint density at radius 3 is 2.67 bits per heavy atom. The molecule has 1 atom stereocenters. The molecule has 8 nitrogen and oxygen atoms in total. The van der Waals surface area contributed by atoms with E-state index in [2.05, 4.69) is 15.9 Å². The molecule has 1 amide bonds. The molecule has 1 N–H and O–H groups in total. The van der Waals surface area contributed by atoms with Gasteiger partial charge in [0.2, 0.25) is 0 Å². The number of likely N-dealkylation sites (N-methyl/N-ethyl adjacent to an activating group) is 1. The number of anilines is 1. The number of hydrogen-bond donors (Lipinski definition) is 1. The molecule has 2 aromatic carbocycles. The fourth-order valence-corrected chi connectivity index (χ4v) is 3.51. The van der Waals surface area contributed by atoms with Gasteiger partial charge in [-0.25, -0.2) is 0 Å². The van der Waals surface area contributed by atoms with Crippen LogP contribution in [-0.2, 0) is 10.4 Å². The standard InChI is InChI=1S/C18H15BrN2O6/c1-20-13-5-4-11(19)8-12(13)18(24,17(20)23)9-15(22)10-3-6-16(27-2)14(7-10)21(25)26/h3-8,24H,9H2,1-2H3. The number of nitro groups is 1. The second kappa shape index (κ2) is 6.75. The Kier molecular flexibility index (Phi) is 4.75. The molecule has 0 aromatic heterocycles. The SMILES string of the molecule is COc1ccc(C(=O)CC2(O)C(=O)N(C)c3ccc(Br)cc32)cc1[N+](=O)[O-]. The Morgan fingerprint density at radius 1 is 1.33 bits per heavy atom. The maximum Gasteiger partial charge on any atom is 0.311 e. The lowest BCUT2D eigenvalue weighted by Gasteiger charge is -2.21. The molecule has 3 rings (SSSR count). The maximum atomic E-state index is 12.7. The van der Waals surface area contributed by atoms with Gasteiger partial charge in [0.15, 0.2) is 17.1 Å². The number of methoxy groups -OCH3 is 1. The van der Waals surface area contributed by atoms with E-state index in [1.807, 2.05) is 0 Å². The predicted molar refractivity (Wildman–Crippen MR) is 100 cm³/mol. The minimum absolute atomic E-state index is 0.00910. The van der Waals surface area contributed by atoms with Crippen molar-refractivity contribution in [3.05, 3.63) is 62.1 Å². The van der Waals surface area contributed by atoms with Gasteiger partial charge in [-0.3, -0.25) is 19.7 Å². The van der Waals surface area contributed by atoms with Crippen molar-refractivity contribution in [2.24, 2.45) is 0 Å². The van der Waals surface area contributed by atoms with E-state index in [9.17, 15) is 24.8 Å². The lowest BCUT2D eigenvalue weighted by molar-refractivity contribution is -0.385. The van der Waals surface area contributed by atoms with E-state index >= 15 is 0 Å². The molecular formula is C18H15BrN2O6. The van der Waals surface area contributed by atoms with E-state index in [0.717, 1.165) is 6.07 Å². The molecule has 0 bridgehead atoms. The Hall–Kier alpha value is -2.78. The smallest absolute Gasteiger partial charge is 0.311 e. The van der Waals surface area contributed by atoms with Crippen LogP contribution in [0.3, 0.4) is 0 Å². The lowest BCUT2D eigenvalue weighted by atomic mass is 9.88. The van der Waals surface area contributed by atoms with Crippen LogP contribution in [-0.4, -0.2) is 35.9 Å². The molecule has 1 unspecified atom stereocenters. The Labute approximate surface area is 162 Å². The molecule has 0 fully saturated rings. The van der Waals surface area contributed by atoms with Crippen molar-refractivity contribution in [2.45, 2.75) is 12.0 Å². The van der Waals surface area contributed by atoms with Crippen molar-refractivity contribution in [2.75, 3.05) is 19.1 Å². The highest BCUT2D eigenvalue weighted by molar-refractivity contribution is 9.10. The average Bonchev–Trinajstić information content (AvgIpc) is 2.82. The van der Waals surface area contributed by atoms with E-state index in [-0.39, 0.29) is 17.0 Å². The van der Waals surface area contributed by atoms with Crippen LogP contribution in [0.4, 0.5) is 11.4 Å². The fraction of sp³-hybridized carbons (Fsp3) is 0.222. The molecule has 1 aliphatic heterocycles. The van der Waals surface area contributed by atoms with E-state index in [1.54, 1.807) is 18.2 Å². The summed E-state index contributed by atoms with van der Waals surface area (Å²) in [6, 6.07) is 8.72. The van der Waals surface area contributed by atoms with Gasteiger partial charge >= 0.3 is 5.69 Å². The molecule has 1 aliphatic rings. The highest BCUT2D eigenvalue weighted by Gasteiger charge is 2.49. The van der Waals surface area contributed by atoms with Gasteiger partial charge in [-0.2, -0.15) is 0 Å². The number of benzene rings is 2. The second-order valence-electron chi connectivity index (χ2n) is 6.13. The monoisotopic (exact) mass is 434 g/mol. The van der Waals surface area contributed by atoms with E-state index in [1.165, 1.54) is 31.2 Å². The number of amides is 1. The van der Waals surface area contributed by atoms with Gasteiger partial charge in [0.25, 0.3) is 5.91 Å². The highest BCUT2D eigenvalue weighted by atomic mass is 79.9. The van der Waals surface area contributed by atoms with Crippen molar-refractivity contribution in [1.29, 1.82) is 0 Å². The van der Waals surface area contributed by atoms with Crippen LogP contribution in [0.2, 0.25) is 0 Å². The average molecular weight is 435 g/mol. The molecule has 27 heavy (non-hydrogen) atoms.